The number of aromatic hydroxyl groups is 1. The highest BCUT2D eigenvalue weighted by atomic mass is 16.3. The maximum absolute atomic E-state index is 13.4. The van der Waals surface area contributed by atoms with Gasteiger partial charge in [-0.25, -0.2) is 0 Å². The summed E-state index contributed by atoms with van der Waals surface area (Å²) in [5.74, 6) is -6.79. The maximum Gasteiger partial charge on any atom is 0.255 e. The largest absolute Gasteiger partial charge is 0.511 e. The number of nitrogens with one attached hydrogen (secondary N) is 1. The van der Waals surface area contributed by atoms with Gasteiger partial charge in [0.2, 0.25) is 5.78 Å². The number of primary amides is 1. The van der Waals surface area contributed by atoms with E-state index in [0.29, 0.717) is 11.3 Å². The number of aliphatic hydroxyl groups is 4. The number of allylic oxidation sites excluding steroid dienone is 2. The van der Waals surface area contributed by atoms with Crippen molar-refractivity contribution in [1.82, 2.24) is 0 Å². The van der Waals surface area contributed by atoms with E-state index in [1.807, 2.05) is 0 Å². The van der Waals surface area contributed by atoms with Crippen molar-refractivity contribution < 1.29 is 39.9 Å². The number of benzene rings is 1. The molecule has 0 bridgehead atoms. The number of hydrogen-bond donors (Lipinski definition) is 7. The molecule has 8 N–H and O–H groups in total. The van der Waals surface area contributed by atoms with Gasteiger partial charge in [0.25, 0.3) is 5.91 Å². The smallest absolute Gasteiger partial charge is 0.255 e. The minimum atomic E-state index is -2.59. The van der Waals surface area contributed by atoms with E-state index in [-0.39, 0.29) is 36.0 Å². The van der Waals surface area contributed by atoms with Gasteiger partial charge in [-0.2, -0.15) is 0 Å². The summed E-state index contributed by atoms with van der Waals surface area (Å²) >= 11 is 0. The van der Waals surface area contributed by atoms with Gasteiger partial charge in [-0.1, -0.05) is 0 Å². The molecule has 0 heterocycles. The van der Waals surface area contributed by atoms with Crippen LogP contribution in [0.2, 0.25) is 0 Å². The van der Waals surface area contributed by atoms with Crippen LogP contribution in [0.5, 0.6) is 5.75 Å². The molecule has 1 aromatic carbocycles. The van der Waals surface area contributed by atoms with E-state index < -0.39 is 64.4 Å². The molecule has 0 fully saturated rings. The molecule has 3 aliphatic rings. The molecule has 1 aromatic rings. The Labute approximate surface area is 176 Å². The number of phenols is 1. The van der Waals surface area contributed by atoms with Crippen molar-refractivity contribution in [3.05, 3.63) is 45.4 Å². The van der Waals surface area contributed by atoms with Crippen LogP contribution in [0.1, 0.15) is 34.3 Å². The molecule has 0 aliphatic heterocycles. The Bertz CT molecular complexity index is 1120. The molecule has 164 valence electrons. The number of ketones is 2. The number of nitrogens with two attached hydrogens (primary N) is 1. The van der Waals surface area contributed by atoms with Crippen molar-refractivity contribution in [3.8, 4) is 5.75 Å². The highest BCUT2D eigenvalue weighted by Gasteiger charge is 2.59. The fraction of sp³-hybridized carbons (Fsp3) is 0.381. The highest BCUT2D eigenvalue weighted by Crippen LogP contribution is 2.52. The first-order valence-electron chi connectivity index (χ1n) is 9.71. The van der Waals surface area contributed by atoms with Gasteiger partial charge < -0.3 is 36.6 Å². The van der Waals surface area contributed by atoms with Crippen molar-refractivity contribution in [2.45, 2.75) is 31.5 Å². The lowest BCUT2D eigenvalue weighted by Gasteiger charge is -2.45. The van der Waals surface area contributed by atoms with Crippen LogP contribution in [0.4, 0.5) is 5.69 Å². The van der Waals surface area contributed by atoms with Crippen molar-refractivity contribution >= 4 is 23.2 Å². The van der Waals surface area contributed by atoms with E-state index >= 15 is 0 Å². The van der Waals surface area contributed by atoms with Crippen molar-refractivity contribution in [3.63, 3.8) is 0 Å². The standard InChI is InChI=1S/C21H22N2O8/c1-23-11-4-8(6-24)16(26)14-10(11)3-7-2-9-5-12(25)15(20(22)30)19(29)21(9,31)18(28)13(7)17(14)27/h4,7,9,23-26,28,31H,2-3,5-6H2,1H3,(H2,22,30)/t7-,9+,21+/m1/s1. The zero-order chi connectivity index (χ0) is 22.8. The summed E-state index contributed by atoms with van der Waals surface area (Å²) in [7, 11) is 1.62. The Kier molecular flexibility index (Phi) is 4.60. The molecular formula is C21H22N2O8. The minimum Gasteiger partial charge on any atom is -0.511 e. The maximum atomic E-state index is 13.4. The second-order valence-electron chi connectivity index (χ2n) is 8.10. The number of hydrogen-bond acceptors (Lipinski definition) is 9. The number of carbonyl (C=O) groups is 3. The normalized spacial score (nSPS) is 27.6. The SMILES string of the molecule is CNc1cc(CO)c(O)c2c1C[C@H]1C[C@H]3CC(O)=C(C(N)=O)C(=O)[C@@]3(O)C(O)=C1C2=O. The van der Waals surface area contributed by atoms with Crippen LogP contribution < -0.4 is 11.1 Å². The first kappa shape index (κ1) is 20.9. The molecule has 31 heavy (non-hydrogen) atoms. The lowest BCUT2D eigenvalue weighted by Crippen LogP contribution is -2.57. The van der Waals surface area contributed by atoms with Gasteiger partial charge in [0.1, 0.15) is 22.8 Å². The second kappa shape index (κ2) is 6.82. The van der Waals surface area contributed by atoms with Crippen molar-refractivity contribution in [2.24, 2.45) is 17.6 Å². The molecule has 0 radical (unpaired) electrons. The fourth-order valence-electron chi connectivity index (χ4n) is 5.09. The Balaban J connectivity index is 1.93. The number of carbonyl (C=O) groups excluding carboxylic acids is 3. The van der Waals surface area contributed by atoms with Crippen LogP contribution in [0.25, 0.3) is 0 Å². The monoisotopic (exact) mass is 430 g/mol. The number of fused-ring (bicyclic) bond motifs is 3. The number of rotatable bonds is 3. The van der Waals surface area contributed by atoms with E-state index in [4.69, 9.17) is 5.73 Å². The van der Waals surface area contributed by atoms with Gasteiger partial charge in [0.15, 0.2) is 11.4 Å². The Morgan fingerprint density at radius 2 is 1.94 bits per heavy atom. The molecule has 10 nitrogen and oxygen atoms in total. The number of Topliss-reactive ketones (excluding diaryl/α,β-unsaturated/α-hetero) is 2. The minimum absolute atomic E-state index is 0.0641. The second-order valence-corrected chi connectivity index (χ2v) is 8.10. The molecule has 10 heteroatoms. The molecule has 3 atom stereocenters. The van der Waals surface area contributed by atoms with E-state index in [0.717, 1.165) is 0 Å². The predicted octanol–water partition coefficient (Wildman–Crippen LogP) is 0.114. The summed E-state index contributed by atoms with van der Waals surface area (Å²) < 4.78 is 0. The van der Waals surface area contributed by atoms with Gasteiger partial charge in [-0.3, -0.25) is 14.4 Å². The van der Waals surface area contributed by atoms with Gasteiger partial charge >= 0.3 is 0 Å². The first-order valence-corrected chi connectivity index (χ1v) is 9.71. The molecular weight excluding hydrogens is 408 g/mol. The number of amides is 1. The molecule has 4 rings (SSSR count). The average Bonchev–Trinajstić information content (AvgIpc) is 2.70. The molecule has 0 spiro atoms. The summed E-state index contributed by atoms with van der Waals surface area (Å²) in [6, 6.07) is 1.52. The van der Waals surface area contributed by atoms with Crippen molar-refractivity contribution in [1.29, 1.82) is 0 Å². The van der Waals surface area contributed by atoms with E-state index in [2.05, 4.69) is 5.32 Å². The quantitative estimate of drug-likeness (QED) is 0.258. The average molecular weight is 430 g/mol. The molecule has 3 aliphatic carbocycles. The van der Waals surface area contributed by atoms with E-state index in [9.17, 15) is 39.9 Å². The summed E-state index contributed by atoms with van der Waals surface area (Å²) in [6.45, 7) is -0.536. The van der Waals surface area contributed by atoms with Crippen LogP contribution in [0, 0.1) is 11.8 Å². The van der Waals surface area contributed by atoms with Gasteiger partial charge in [0.05, 0.1) is 12.2 Å². The summed E-state index contributed by atoms with van der Waals surface area (Å²) in [5.41, 5.74) is 2.49. The molecule has 0 saturated carbocycles. The lowest BCUT2D eigenvalue weighted by atomic mass is 9.60. The van der Waals surface area contributed by atoms with Gasteiger partial charge in [-0.05, 0) is 30.4 Å². The Morgan fingerprint density at radius 3 is 2.52 bits per heavy atom. The Morgan fingerprint density at radius 1 is 1.26 bits per heavy atom. The summed E-state index contributed by atoms with van der Waals surface area (Å²) in [5, 5.41) is 55.3. The third-order valence-corrected chi connectivity index (χ3v) is 6.58. The number of aliphatic hydroxyl groups excluding tert-OH is 3. The van der Waals surface area contributed by atoms with Crippen LogP contribution in [-0.4, -0.2) is 55.7 Å². The molecule has 0 unspecified atom stereocenters. The molecule has 0 saturated heterocycles. The summed E-state index contributed by atoms with van der Waals surface area (Å²) in [4.78, 5) is 37.9. The van der Waals surface area contributed by atoms with Gasteiger partial charge in [0, 0.05) is 36.2 Å². The first-order chi connectivity index (χ1) is 14.6. The van der Waals surface area contributed by atoms with Crippen LogP contribution in [-0.2, 0) is 22.6 Å². The molecule has 0 aromatic heterocycles. The lowest BCUT2D eigenvalue weighted by molar-refractivity contribution is -0.144. The topological polar surface area (TPSA) is 190 Å². The van der Waals surface area contributed by atoms with Crippen molar-refractivity contribution in [2.75, 3.05) is 12.4 Å². The Hall–Kier alpha value is -3.37. The van der Waals surface area contributed by atoms with Crippen LogP contribution >= 0.6 is 0 Å². The fourth-order valence-corrected chi connectivity index (χ4v) is 5.09. The van der Waals surface area contributed by atoms with E-state index in [1.165, 1.54) is 6.07 Å². The third-order valence-electron chi connectivity index (χ3n) is 6.58. The van der Waals surface area contributed by atoms with Crippen LogP contribution in [0.15, 0.2) is 28.7 Å². The zero-order valence-corrected chi connectivity index (χ0v) is 16.6. The summed E-state index contributed by atoms with van der Waals surface area (Å²) in [6.07, 6.45) is -0.0125. The molecule has 1 amide bonds. The predicted molar refractivity (Wildman–Crippen MR) is 106 cm³/mol. The third kappa shape index (κ3) is 2.61. The zero-order valence-electron chi connectivity index (χ0n) is 16.6. The van der Waals surface area contributed by atoms with Gasteiger partial charge in [-0.15, -0.1) is 0 Å². The highest BCUT2D eigenvalue weighted by molar-refractivity contribution is 6.24. The van der Waals surface area contributed by atoms with E-state index in [1.54, 1.807) is 7.05 Å². The number of anilines is 1. The van der Waals surface area contributed by atoms with Crippen LogP contribution in [0.3, 0.4) is 0 Å².